The summed E-state index contributed by atoms with van der Waals surface area (Å²) in [5, 5.41) is 0. The summed E-state index contributed by atoms with van der Waals surface area (Å²) in [5.41, 5.74) is -0.302. The summed E-state index contributed by atoms with van der Waals surface area (Å²) in [7, 11) is 0. The molecular weight excluding hydrogens is 298 g/mol. The Morgan fingerprint density at radius 3 is 2.30 bits per heavy atom. The van der Waals surface area contributed by atoms with Gasteiger partial charge in [-0.1, -0.05) is 35.8 Å². The van der Waals surface area contributed by atoms with Gasteiger partial charge in [0.15, 0.2) is 0 Å². The van der Waals surface area contributed by atoms with Crippen molar-refractivity contribution in [3.63, 3.8) is 0 Å². The second-order valence-corrected chi connectivity index (χ2v) is 4.03. The van der Waals surface area contributed by atoms with Crippen molar-refractivity contribution in [1.29, 1.82) is 0 Å². The summed E-state index contributed by atoms with van der Waals surface area (Å²) < 4.78 is 56.3. The van der Waals surface area contributed by atoms with Crippen LogP contribution in [0.1, 0.15) is 5.56 Å². The Balaban J connectivity index is 0.00000200. The van der Waals surface area contributed by atoms with Crippen molar-refractivity contribution in [2.75, 3.05) is 0 Å². The van der Waals surface area contributed by atoms with E-state index in [0.29, 0.717) is 5.56 Å². The molecule has 0 amide bonds. The molecule has 0 unspecified atom stereocenters. The molecule has 0 aliphatic heterocycles. The predicted octanol–water partition coefficient (Wildman–Crippen LogP) is 0.463. The van der Waals surface area contributed by atoms with Crippen LogP contribution in [0.4, 0.5) is 17.3 Å². The van der Waals surface area contributed by atoms with Crippen LogP contribution in [-0.4, -0.2) is 6.98 Å². The molecular formula is C13H10BF4KO. The molecule has 20 heavy (non-hydrogen) atoms. The monoisotopic (exact) mass is 308 g/mol. The Hall–Kier alpha value is -0.339. The van der Waals surface area contributed by atoms with E-state index in [4.69, 9.17) is 4.74 Å². The molecule has 0 heterocycles. The van der Waals surface area contributed by atoms with Crippen molar-refractivity contribution in [3.05, 3.63) is 59.9 Å². The van der Waals surface area contributed by atoms with E-state index in [9.17, 15) is 17.3 Å². The van der Waals surface area contributed by atoms with E-state index in [1.165, 1.54) is 36.4 Å². The average molecular weight is 308 g/mol. The van der Waals surface area contributed by atoms with Gasteiger partial charge >= 0.3 is 58.4 Å². The summed E-state index contributed by atoms with van der Waals surface area (Å²) in [6.07, 6.45) is 0. The largest absolute Gasteiger partial charge is 1.00 e. The zero-order valence-electron chi connectivity index (χ0n) is 10.8. The molecule has 1 nitrogen and oxygen atoms in total. The van der Waals surface area contributed by atoms with Crippen LogP contribution >= 0.6 is 0 Å². The fourth-order valence-corrected chi connectivity index (χ4v) is 1.67. The standard InChI is InChI=1S/C13H10BF4O.K/c15-11-5-3-4-10(8-11)9-19-13-7-2-1-6-12(13)14(16,17)18;/h1-8H,9H2;/q-1;+1. The molecule has 0 saturated carbocycles. The maximum absolute atomic E-state index is 12.9. The molecule has 0 aliphatic rings. The first-order valence-electron chi connectivity index (χ1n) is 5.63. The minimum Gasteiger partial charge on any atom is -0.492 e. The summed E-state index contributed by atoms with van der Waals surface area (Å²) in [4.78, 5) is 0. The van der Waals surface area contributed by atoms with Gasteiger partial charge in [0, 0.05) is 0 Å². The molecule has 2 rings (SSSR count). The van der Waals surface area contributed by atoms with E-state index in [-0.39, 0.29) is 63.7 Å². The minimum atomic E-state index is -5.13. The summed E-state index contributed by atoms with van der Waals surface area (Å²) in [5.74, 6) is -0.686. The van der Waals surface area contributed by atoms with Gasteiger partial charge < -0.3 is 17.7 Å². The number of hydrogen-bond donors (Lipinski definition) is 0. The molecule has 0 N–H and O–H groups in total. The zero-order valence-corrected chi connectivity index (χ0v) is 13.9. The molecule has 0 aromatic heterocycles. The third kappa shape index (κ3) is 4.89. The van der Waals surface area contributed by atoms with Crippen molar-refractivity contribution in [2.45, 2.75) is 6.61 Å². The molecule has 0 bridgehead atoms. The number of hydrogen-bond acceptors (Lipinski definition) is 1. The summed E-state index contributed by atoms with van der Waals surface area (Å²) in [6, 6.07) is 10.5. The van der Waals surface area contributed by atoms with Crippen molar-refractivity contribution in [3.8, 4) is 5.75 Å². The van der Waals surface area contributed by atoms with Crippen LogP contribution in [0.15, 0.2) is 48.5 Å². The first-order chi connectivity index (χ1) is 8.97. The van der Waals surface area contributed by atoms with Crippen molar-refractivity contribution in [2.24, 2.45) is 0 Å². The van der Waals surface area contributed by atoms with Crippen molar-refractivity contribution in [1.82, 2.24) is 0 Å². The first kappa shape index (κ1) is 17.7. The van der Waals surface area contributed by atoms with E-state index in [1.54, 1.807) is 6.07 Å². The third-order valence-corrected chi connectivity index (χ3v) is 2.56. The van der Waals surface area contributed by atoms with Gasteiger partial charge in [-0.25, -0.2) is 4.39 Å². The van der Waals surface area contributed by atoms with Crippen LogP contribution in [0.2, 0.25) is 0 Å². The predicted molar refractivity (Wildman–Crippen MR) is 65.9 cm³/mol. The van der Waals surface area contributed by atoms with Crippen LogP contribution in [-0.2, 0) is 6.61 Å². The van der Waals surface area contributed by atoms with E-state index in [2.05, 4.69) is 0 Å². The fraction of sp³-hybridized carbons (Fsp3) is 0.0769. The average Bonchev–Trinajstić information content (AvgIpc) is 2.36. The van der Waals surface area contributed by atoms with Crippen LogP contribution in [0.3, 0.4) is 0 Å². The molecule has 0 radical (unpaired) electrons. The summed E-state index contributed by atoms with van der Waals surface area (Å²) in [6.45, 7) is -5.24. The maximum Gasteiger partial charge on any atom is 1.00 e. The third-order valence-electron chi connectivity index (χ3n) is 2.56. The van der Waals surface area contributed by atoms with Gasteiger partial charge in [-0.05, 0) is 23.8 Å². The van der Waals surface area contributed by atoms with Gasteiger partial charge in [0.25, 0.3) is 0 Å². The van der Waals surface area contributed by atoms with Crippen LogP contribution < -0.4 is 61.6 Å². The molecule has 0 fully saturated rings. The normalized spacial score (nSPS) is 10.8. The van der Waals surface area contributed by atoms with Crippen LogP contribution in [0, 0.1) is 5.82 Å². The molecule has 100 valence electrons. The molecule has 0 atom stereocenters. The number of halogens is 4. The summed E-state index contributed by atoms with van der Waals surface area (Å²) >= 11 is 0. The number of ether oxygens (including phenoxy) is 1. The Labute approximate surface area is 156 Å². The SMILES string of the molecule is Fc1cccc(COc2ccccc2[B-](F)(F)F)c1.[K+]. The van der Waals surface area contributed by atoms with Gasteiger partial charge in [0.2, 0.25) is 0 Å². The van der Waals surface area contributed by atoms with Crippen molar-refractivity contribution < 1.29 is 73.5 Å². The van der Waals surface area contributed by atoms with Gasteiger partial charge in [-0.3, -0.25) is 0 Å². The maximum atomic E-state index is 12.9. The van der Waals surface area contributed by atoms with Gasteiger partial charge in [-0.15, -0.1) is 0 Å². The smallest absolute Gasteiger partial charge is 0.492 e. The second-order valence-electron chi connectivity index (χ2n) is 4.03. The van der Waals surface area contributed by atoms with E-state index >= 15 is 0 Å². The van der Waals surface area contributed by atoms with E-state index < -0.39 is 18.3 Å². The minimum absolute atomic E-state index is 0. The number of para-hydroxylation sites is 1. The zero-order chi connectivity index (χ0) is 13.9. The van der Waals surface area contributed by atoms with Gasteiger partial charge in [0.1, 0.15) is 12.4 Å². The topological polar surface area (TPSA) is 9.23 Å². The Bertz CT molecular complexity index is 574. The molecule has 2 aromatic rings. The molecule has 2 aromatic carbocycles. The fourth-order valence-electron chi connectivity index (χ4n) is 1.67. The van der Waals surface area contributed by atoms with E-state index in [0.717, 1.165) is 6.07 Å². The number of rotatable bonds is 4. The van der Waals surface area contributed by atoms with Gasteiger partial charge in [0.05, 0.1) is 5.75 Å². The van der Waals surface area contributed by atoms with E-state index in [1.807, 2.05) is 0 Å². The Morgan fingerprint density at radius 1 is 0.950 bits per heavy atom. The molecule has 0 spiro atoms. The molecule has 0 saturated heterocycles. The second kappa shape index (κ2) is 7.61. The van der Waals surface area contributed by atoms with Crippen molar-refractivity contribution >= 4 is 12.4 Å². The quantitative estimate of drug-likeness (QED) is 0.589. The molecule has 0 aliphatic carbocycles. The Morgan fingerprint density at radius 2 is 1.65 bits per heavy atom. The first-order valence-corrected chi connectivity index (χ1v) is 5.63. The van der Waals surface area contributed by atoms with Crippen LogP contribution in [0.25, 0.3) is 0 Å². The van der Waals surface area contributed by atoms with Gasteiger partial charge in [-0.2, -0.15) is 0 Å². The Kier molecular flexibility index (Phi) is 6.74. The van der Waals surface area contributed by atoms with Crippen LogP contribution in [0.5, 0.6) is 5.75 Å². The number of benzene rings is 2. The molecule has 7 heteroatoms.